The Labute approximate surface area is 123 Å². The normalized spacial score (nSPS) is 11.3. The molecule has 0 saturated carbocycles. The Balaban J connectivity index is 2.04. The summed E-state index contributed by atoms with van der Waals surface area (Å²) in [5, 5.41) is 12.8. The molecule has 3 rings (SSSR count). The van der Waals surface area contributed by atoms with Crippen molar-refractivity contribution >= 4 is 5.71 Å². The molecule has 0 saturated heterocycles. The summed E-state index contributed by atoms with van der Waals surface area (Å²) in [5.41, 5.74) is 4.08. The zero-order valence-corrected chi connectivity index (χ0v) is 11.3. The highest BCUT2D eigenvalue weighted by Gasteiger charge is 2.10. The highest BCUT2D eigenvalue weighted by atomic mass is 16.4. The Morgan fingerprint density at radius 1 is 0.810 bits per heavy atom. The van der Waals surface area contributed by atoms with Crippen molar-refractivity contribution in [1.29, 1.82) is 0 Å². The number of pyridine rings is 1. The van der Waals surface area contributed by atoms with E-state index in [2.05, 4.69) is 10.1 Å². The van der Waals surface area contributed by atoms with Crippen molar-refractivity contribution in [2.75, 3.05) is 0 Å². The Morgan fingerprint density at radius 2 is 1.48 bits per heavy atom. The van der Waals surface area contributed by atoms with E-state index >= 15 is 0 Å². The number of hydrogen-bond donors (Lipinski definition) is 1. The molecule has 1 heterocycles. The fraction of sp³-hybridized carbons (Fsp3) is 0. The first-order valence-corrected chi connectivity index (χ1v) is 6.68. The first kappa shape index (κ1) is 13.1. The Morgan fingerprint density at radius 3 is 2.14 bits per heavy atom. The molecule has 0 atom stereocenters. The van der Waals surface area contributed by atoms with E-state index in [4.69, 9.17) is 0 Å². The molecule has 21 heavy (non-hydrogen) atoms. The molecule has 0 radical (unpaired) electrons. The van der Waals surface area contributed by atoms with E-state index in [1.54, 1.807) is 6.20 Å². The van der Waals surface area contributed by atoms with E-state index in [1.807, 2.05) is 72.8 Å². The lowest BCUT2D eigenvalue weighted by Crippen LogP contribution is -2.05. The molecule has 3 heteroatoms. The minimum atomic E-state index is 0.466. The third-order valence-electron chi connectivity index (χ3n) is 3.26. The Hall–Kier alpha value is -2.94. The molecule has 0 bridgehead atoms. The van der Waals surface area contributed by atoms with Crippen molar-refractivity contribution in [2.24, 2.45) is 5.16 Å². The average molecular weight is 274 g/mol. The smallest absolute Gasteiger partial charge is 0.135 e. The van der Waals surface area contributed by atoms with Crippen LogP contribution in [0, 0.1) is 0 Å². The van der Waals surface area contributed by atoms with Crippen LogP contribution in [0.25, 0.3) is 11.1 Å². The highest BCUT2D eigenvalue weighted by molar-refractivity contribution is 6.11. The molecule has 0 amide bonds. The summed E-state index contributed by atoms with van der Waals surface area (Å²) in [6.45, 7) is 0. The molecule has 1 aromatic heterocycles. The molecule has 3 nitrogen and oxygen atoms in total. The number of rotatable bonds is 3. The SMILES string of the molecule is O/N=C(\c1ccccc1)c1cc(-c2ccccc2)ccn1. The summed E-state index contributed by atoms with van der Waals surface area (Å²) in [4.78, 5) is 4.32. The number of hydrogen-bond acceptors (Lipinski definition) is 3. The molecule has 102 valence electrons. The van der Waals surface area contributed by atoms with Crippen LogP contribution < -0.4 is 0 Å². The lowest BCUT2D eigenvalue weighted by molar-refractivity contribution is 0.319. The van der Waals surface area contributed by atoms with Gasteiger partial charge in [-0.25, -0.2) is 0 Å². The average Bonchev–Trinajstić information content (AvgIpc) is 2.58. The van der Waals surface area contributed by atoms with Crippen LogP contribution in [-0.2, 0) is 0 Å². The molecular formula is C18H14N2O. The van der Waals surface area contributed by atoms with Gasteiger partial charge in [-0.2, -0.15) is 0 Å². The van der Waals surface area contributed by atoms with Gasteiger partial charge in [-0.05, 0) is 23.3 Å². The van der Waals surface area contributed by atoms with Crippen LogP contribution in [0.15, 0.2) is 84.1 Å². The Bertz CT molecular complexity index is 752. The summed E-state index contributed by atoms with van der Waals surface area (Å²) >= 11 is 0. The summed E-state index contributed by atoms with van der Waals surface area (Å²) in [7, 11) is 0. The molecule has 0 aliphatic carbocycles. The van der Waals surface area contributed by atoms with Gasteiger partial charge in [0.2, 0.25) is 0 Å². The Kier molecular flexibility index (Phi) is 3.74. The topological polar surface area (TPSA) is 45.5 Å². The molecule has 0 spiro atoms. The van der Waals surface area contributed by atoms with E-state index in [0.717, 1.165) is 16.7 Å². The standard InChI is InChI=1S/C18H14N2O/c21-20-18(15-9-5-2-6-10-15)17-13-16(11-12-19-17)14-7-3-1-4-8-14/h1-13,21H/b20-18+. The van der Waals surface area contributed by atoms with Gasteiger partial charge in [0.25, 0.3) is 0 Å². The first-order valence-electron chi connectivity index (χ1n) is 6.68. The third-order valence-corrected chi connectivity index (χ3v) is 3.26. The number of oxime groups is 1. The second kappa shape index (κ2) is 6.01. The molecular weight excluding hydrogens is 260 g/mol. The number of nitrogens with zero attached hydrogens (tertiary/aromatic N) is 2. The second-order valence-corrected chi connectivity index (χ2v) is 4.61. The predicted molar refractivity (Wildman–Crippen MR) is 83.5 cm³/mol. The van der Waals surface area contributed by atoms with E-state index in [-0.39, 0.29) is 0 Å². The third kappa shape index (κ3) is 2.82. The monoisotopic (exact) mass is 274 g/mol. The first-order chi connectivity index (χ1) is 10.4. The molecule has 0 aliphatic heterocycles. The van der Waals surface area contributed by atoms with Crippen LogP contribution in [0.4, 0.5) is 0 Å². The maximum absolute atomic E-state index is 9.34. The van der Waals surface area contributed by atoms with Crippen LogP contribution >= 0.6 is 0 Å². The molecule has 2 aromatic carbocycles. The maximum atomic E-state index is 9.34. The minimum absolute atomic E-state index is 0.466. The van der Waals surface area contributed by atoms with E-state index in [0.29, 0.717) is 11.4 Å². The van der Waals surface area contributed by atoms with Gasteiger partial charge in [0.05, 0.1) is 5.69 Å². The lowest BCUT2D eigenvalue weighted by Gasteiger charge is -2.07. The highest BCUT2D eigenvalue weighted by Crippen LogP contribution is 2.20. The van der Waals surface area contributed by atoms with Gasteiger partial charge in [0, 0.05) is 11.8 Å². The predicted octanol–water partition coefficient (Wildman–Crippen LogP) is 3.98. The summed E-state index contributed by atoms with van der Waals surface area (Å²) in [6.07, 6.45) is 1.73. The summed E-state index contributed by atoms with van der Waals surface area (Å²) < 4.78 is 0. The van der Waals surface area contributed by atoms with E-state index in [9.17, 15) is 5.21 Å². The van der Waals surface area contributed by atoms with Crippen molar-refractivity contribution < 1.29 is 5.21 Å². The zero-order valence-electron chi connectivity index (χ0n) is 11.3. The molecule has 0 unspecified atom stereocenters. The van der Waals surface area contributed by atoms with Crippen LogP contribution in [0.3, 0.4) is 0 Å². The van der Waals surface area contributed by atoms with Crippen molar-refractivity contribution in [2.45, 2.75) is 0 Å². The van der Waals surface area contributed by atoms with Crippen LogP contribution in [0.2, 0.25) is 0 Å². The summed E-state index contributed by atoms with van der Waals surface area (Å²) in [6, 6.07) is 23.4. The molecule has 3 aromatic rings. The van der Waals surface area contributed by atoms with Crippen molar-refractivity contribution in [3.63, 3.8) is 0 Å². The van der Waals surface area contributed by atoms with Gasteiger partial charge in [0.1, 0.15) is 5.71 Å². The van der Waals surface area contributed by atoms with Gasteiger partial charge >= 0.3 is 0 Å². The molecule has 1 N–H and O–H groups in total. The molecule has 0 fully saturated rings. The van der Waals surface area contributed by atoms with Gasteiger partial charge in [-0.3, -0.25) is 4.98 Å². The van der Waals surface area contributed by atoms with Gasteiger partial charge < -0.3 is 5.21 Å². The second-order valence-electron chi connectivity index (χ2n) is 4.61. The largest absolute Gasteiger partial charge is 0.410 e. The quantitative estimate of drug-likeness (QED) is 0.446. The van der Waals surface area contributed by atoms with Crippen molar-refractivity contribution in [3.8, 4) is 11.1 Å². The number of aromatic nitrogens is 1. The van der Waals surface area contributed by atoms with E-state index < -0.39 is 0 Å². The zero-order chi connectivity index (χ0) is 14.5. The number of benzene rings is 2. The van der Waals surface area contributed by atoms with Crippen LogP contribution in [-0.4, -0.2) is 15.9 Å². The van der Waals surface area contributed by atoms with Crippen molar-refractivity contribution in [3.05, 3.63) is 90.3 Å². The van der Waals surface area contributed by atoms with Crippen molar-refractivity contribution in [1.82, 2.24) is 4.98 Å². The van der Waals surface area contributed by atoms with Gasteiger partial charge in [-0.1, -0.05) is 65.8 Å². The maximum Gasteiger partial charge on any atom is 0.135 e. The van der Waals surface area contributed by atoms with Crippen LogP contribution in [0.1, 0.15) is 11.3 Å². The minimum Gasteiger partial charge on any atom is -0.410 e. The molecule has 0 aliphatic rings. The fourth-order valence-electron chi connectivity index (χ4n) is 2.22. The van der Waals surface area contributed by atoms with Gasteiger partial charge in [-0.15, -0.1) is 0 Å². The van der Waals surface area contributed by atoms with Crippen LogP contribution in [0.5, 0.6) is 0 Å². The fourth-order valence-corrected chi connectivity index (χ4v) is 2.22. The van der Waals surface area contributed by atoms with Gasteiger partial charge in [0.15, 0.2) is 0 Å². The van der Waals surface area contributed by atoms with E-state index in [1.165, 1.54) is 0 Å². The summed E-state index contributed by atoms with van der Waals surface area (Å²) in [5.74, 6) is 0. The lowest BCUT2D eigenvalue weighted by atomic mass is 10.0.